The third-order valence-electron chi connectivity index (χ3n) is 3.94. The van der Waals surface area contributed by atoms with Crippen molar-refractivity contribution in [2.24, 2.45) is 5.92 Å². The standard InChI is InChI=1S/C19H25N3O3S/c1-13(2)12-20-19(23)21-16-8-10-17(11-9-16)26(24,25)22-18-7-5-6-14(3)15(18)4/h5-11,13,22H,12H2,1-4H3,(H2,20,21,23). The fourth-order valence-corrected chi connectivity index (χ4v) is 3.38. The number of anilines is 2. The molecule has 140 valence electrons. The molecule has 2 amide bonds. The van der Waals surface area contributed by atoms with Crippen LogP contribution in [0.25, 0.3) is 0 Å². The lowest BCUT2D eigenvalue weighted by atomic mass is 10.1. The first-order chi connectivity index (χ1) is 12.2. The Balaban J connectivity index is 2.09. The fourth-order valence-electron chi connectivity index (χ4n) is 2.25. The van der Waals surface area contributed by atoms with Crippen LogP contribution in [0.5, 0.6) is 0 Å². The molecule has 0 radical (unpaired) electrons. The molecule has 0 saturated carbocycles. The summed E-state index contributed by atoms with van der Waals surface area (Å²) >= 11 is 0. The second-order valence-electron chi connectivity index (χ2n) is 6.61. The number of urea groups is 1. The number of carbonyl (C=O) groups is 1. The van der Waals surface area contributed by atoms with Crippen LogP contribution < -0.4 is 15.4 Å². The lowest BCUT2D eigenvalue weighted by Crippen LogP contribution is -2.31. The molecule has 26 heavy (non-hydrogen) atoms. The number of aryl methyl sites for hydroxylation is 1. The van der Waals surface area contributed by atoms with Crippen LogP contribution in [0.4, 0.5) is 16.2 Å². The first kappa shape index (κ1) is 19.8. The Morgan fingerprint density at radius 1 is 1.04 bits per heavy atom. The van der Waals surface area contributed by atoms with Gasteiger partial charge in [-0.1, -0.05) is 26.0 Å². The maximum Gasteiger partial charge on any atom is 0.319 e. The minimum Gasteiger partial charge on any atom is -0.338 e. The second-order valence-corrected chi connectivity index (χ2v) is 8.29. The minimum absolute atomic E-state index is 0.131. The molecule has 2 aromatic rings. The Hall–Kier alpha value is -2.54. The summed E-state index contributed by atoms with van der Waals surface area (Å²) in [7, 11) is -3.70. The van der Waals surface area contributed by atoms with Crippen molar-refractivity contribution in [1.29, 1.82) is 0 Å². The lowest BCUT2D eigenvalue weighted by Gasteiger charge is -2.13. The van der Waals surface area contributed by atoms with Crippen LogP contribution in [0, 0.1) is 19.8 Å². The van der Waals surface area contributed by atoms with E-state index in [0.717, 1.165) is 11.1 Å². The molecular weight excluding hydrogens is 350 g/mol. The molecule has 0 unspecified atom stereocenters. The molecule has 0 aliphatic carbocycles. The van der Waals surface area contributed by atoms with Crippen LogP contribution in [0.3, 0.4) is 0 Å². The molecule has 0 bridgehead atoms. The maximum atomic E-state index is 12.6. The smallest absolute Gasteiger partial charge is 0.319 e. The molecule has 6 nitrogen and oxygen atoms in total. The molecule has 0 heterocycles. The Morgan fingerprint density at radius 2 is 1.69 bits per heavy atom. The highest BCUT2D eigenvalue weighted by molar-refractivity contribution is 7.92. The molecule has 3 N–H and O–H groups in total. The number of benzene rings is 2. The normalized spacial score (nSPS) is 11.3. The predicted molar refractivity (Wildman–Crippen MR) is 105 cm³/mol. The SMILES string of the molecule is Cc1cccc(NS(=O)(=O)c2ccc(NC(=O)NCC(C)C)cc2)c1C. The van der Waals surface area contributed by atoms with Gasteiger partial charge >= 0.3 is 6.03 Å². The van der Waals surface area contributed by atoms with Crippen molar-refractivity contribution in [1.82, 2.24) is 5.32 Å². The fraction of sp³-hybridized carbons (Fsp3) is 0.316. The topological polar surface area (TPSA) is 87.3 Å². The number of amides is 2. The molecule has 0 aliphatic rings. The predicted octanol–water partition coefficient (Wildman–Crippen LogP) is 3.88. The van der Waals surface area contributed by atoms with Gasteiger partial charge in [0.05, 0.1) is 10.6 Å². The lowest BCUT2D eigenvalue weighted by molar-refractivity contribution is 0.251. The summed E-state index contributed by atoms with van der Waals surface area (Å²) in [5.41, 5.74) is 2.98. The van der Waals surface area contributed by atoms with Crippen molar-refractivity contribution < 1.29 is 13.2 Å². The van der Waals surface area contributed by atoms with E-state index in [1.54, 1.807) is 18.2 Å². The van der Waals surface area contributed by atoms with Gasteiger partial charge in [-0.2, -0.15) is 0 Å². The molecule has 0 fully saturated rings. The average molecular weight is 375 g/mol. The zero-order valence-electron chi connectivity index (χ0n) is 15.5. The van der Waals surface area contributed by atoms with E-state index in [4.69, 9.17) is 0 Å². The van der Waals surface area contributed by atoms with Gasteiger partial charge in [-0.25, -0.2) is 13.2 Å². The van der Waals surface area contributed by atoms with E-state index < -0.39 is 10.0 Å². The molecule has 2 rings (SSSR count). The quantitative estimate of drug-likeness (QED) is 0.716. The van der Waals surface area contributed by atoms with Gasteiger partial charge < -0.3 is 10.6 Å². The summed E-state index contributed by atoms with van der Waals surface area (Å²) in [6, 6.07) is 11.2. The first-order valence-electron chi connectivity index (χ1n) is 8.43. The van der Waals surface area contributed by atoms with Gasteiger partial charge in [0, 0.05) is 12.2 Å². The maximum absolute atomic E-state index is 12.6. The summed E-state index contributed by atoms with van der Waals surface area (Å²) in [6.07, 6.45) is 0. The molecular formula is C19H25N3O3S. The van der Waals surface area contributed by atoms with Crippen molar-refractivity contribution in [2.75, 3.05) is 16.6 Å². The molecule has 0 atom stereocenters. The highest BCUT2D eigenvalue weighted by atomic mass is 32.2. The van der Waals surface area contributed by atoms with Crippen LogP contribution in [0.15, 0.2) is 47.4 Å². The summed E-state index contributed by atoms with van der Waals surface area (Å²) in [5.74, 6) is 0.351. The molecule has 2 aromatic carbocycles. The summed E-state index contributed by atoms with van der Waals surface area (Å²) in [4.78, 5) is 11.9. The molecule has 0 aliphatic heterocycles. The summed E-state index contributed by atoms with van der Waals surface area (Å²) < 4.78 is 27.7. The van der Waals surface area contributed by atoms with E-state index in [2.05, 4.69) is 15.4 Å². The van der Waals surface area contributed by atoms with Gasteiger partial charge in [0.25, 0.3) is 10.0 Å². The van der Waals surface area contributed by atoms with Gasteiger partial charge in [-0.3, -0.25) is 4.72 Å². The van der Waals surface area contributed by atoms with Crippen molar-refractivity contribution in [2.45, 2.75) is 32.6 Å². The Bertz CT molecular complexity index is 875. The summed E-state index contributed by atoms with van der Waals surface area (Å²) in [6.45, 7) is 8.37. The highest BCUT2D eigenvalue weighted by Crippen LogP contribution is 2.22. The van der Waals surface area contributed by atoms with Crippen molar-refractivity contribution in [3.05, 3.63) is 53.6 Å². The van der Waals surface area contributed by atoms with Crippen LogP contribution in [-0.4, -0.2) is 21.0 Å². The van der Waals surface area contributed by atoms with Crippen LogP contribution >= 0.6 is 0 Å². The van der Waals surface area contributed by atoms with E-state index >= 15 is 0 Å². The van der Waals surface area contributed by atoms with E-state index in [-0.39, 0.29) is 10.9 Å². The monoisotopic (exact) mass is 375 g/mol. The number of rotatable bonds is 6. The Morgan fingerprint density at radius 3 is 2.31 bits per heavy atom. The molecule has 7 heteroatoms. The van der Waals surface area contributed by atoms with Gasteiger partial charge in [-0.05, 0) is 61.2 Å². The van der Waals surface area contributed by atoms with Crippen LogP contribution in [0.1, 0.15) is 25.0 Å². The zero-order chi connectivity index (χ0) is 19.3. The van der Waals surface area contributed by atoms with Crippen LogP contribution in [0.2, 0.25) is 0 Å². The largest absolute Gasteiger partial charge is 0.338 e. The minimum atomic E-state index is -3.70. The molecule has 0 saturated heterocycles. The first-order valence-corrected chi connectivity index (χ1v) is 9.91. The van der Waals surface area contributed by atoms with E-state index in [9.17, 15) is 13.2 Å². The summed E-state index contributed by atoms with van der Waals surface area (Å²) in [5, 5.41) is 5.42. The third kappa shape index (κ3) is 5.23. The number of carbonyl (C=O) groups excluding carboxylic acids is 1. The number of sulfonamides is 1. The van der Waals surface area contributed by atoms with Crippen LogP contribution in [-0.2, 0) is 10.0 Å². The molecule has 0 spiro atoms. The Kier molecular flexibility index (Phi) is 6.26. The average Bonchev–Trinajstić information content (AvgIpc) is 2.57. The number of hydrogen-bond acceptors (Lipinski definition) is 3. The Labute approximate surface area is 155 Å². The van der Waals surface area contributed by atoms with Crippen molar-refractivity contribution >= 4 is 27.4 Å². The second kappa shape index (κ2) is 8.23. The van der Waals surface area contributed by atoms with E-state index in [1.807, 2.05) is 39.8 Å². The van der Waals surface area contributed by atoms with E-state index in [0.29, 0.717) is 23.8 Å². The molecule has 0 aromatic heterocycles. The number of hydrogen-bond donors (Lipinski definition) is 3. The van der Waals surface area contributed by atoms with Crippen molar-refractivity contribution in [3.8, 4) is 0 Å². The number of nitrogens with one attached hydrogen (secondary N) is 3. The third-order valence-corrected chi connectivity index (χ3v) is 5.32. The van der Waals surface area contributed by atoms with Gasteiger partial charge in [0.2, 0.25) is 0 Å². The zero-order valence-corrected chi connectivity index (χ0v) is 16.3. The van der Waals surface area contributed by atoms with Gasteiger partial charge in [0.1, 0.15) is 0 Å². The highest BCUT2D eigenvalue weighted by Gasteiger charge is 2.16. The van der Waals surface area contributed by atoms with Gasteiger partial charge in [-0.15, -0.1) is 0 Å². The van der Waals surface area contributed by atoms with E-state index in [1.165, 1.54) is 12.1 Å². The van der Waals surface area contributed by atoms with Gasteiger partial charge in [0.15, 0.2) is 0 Å². The van der Waals surface area contributed by atoms with Crippen molar-refractivity contribution in [3.63, 3.8) is 0 Å².